The highest BCUT2D eigenvalue weighted by Crippen LogP contribution is 2.24. The van der Waals surface area contributed by atoms with E-state index in [9.17, 15) is 9.18 Å². The maximum atomic E-state index is 14.3. The van der Waals surface area contributed by atoms with E-state index in [1.165, 1.54) is 6.07 Å². The van der Waals surface area contributed by atoms with Crippen LogP contribution < -0.4 is 20.7 Å². The molecule has 2 aromatic rings. The molecule has 0 fully saturated rings. The molecule has 0 spiro atoms. The second-order valence-corrected chi connectivity index (χ2v) is 6.80. The Balaban J connectivity index is 1.74. The number of guanidine groups is 1. The lowest BCUT2D eigenvalue weighted by molar-refractivity contribution is -0.123. The van der Waals surface area contributed by atoms with Crippen LogP contribution in [0, 0.1) is 11.7 Å². The molecule has 156 valence electrons. The zero-order chi connectivity index (χ0) is 21.1. The minimum absolute atomic E-state index is 0.0245. The minimum Gasteiger partial charge on any atom is -0.454 e. The number of halogens is 1. The molecule has 29 heavy (non-hydrogen) atoms. The van der Waals surface area contributed by atoms with Crippen LogP contribution in [0.3, 0.4) is 0 Å². The van der Waals surface area contributed by atoms with Crippen molar-refractivity contribution in [2.45, 2.75) is 20.3 Å². The van der Waals surface area contributed by atoms with Gasteiger partial charge in [-0.2, -0.15) is 0 Å². The molecular weight excluding hydrogens is 371 g/mol. The van der Waals surface area contributed by atoms with Gasteiger partial charge >= 0.3 is 0 Å². The van der Waals surface area contributed by atoms with Crippen molar-refractivity contribution in [1.29, 1.82) is 0 Å². The summed E-state index contributed by atoms with van der Waals surface area (Å²) in [6.07, 6.45) is 0.632. The first-order valence-corrected chi connectivity index (χ1v) is 9.73. The number of aliphatic imine (C=N–C) groups is 1. The van der Waals surface area contributed by atoms with E-state index in [2.05, 4.69) is 20.9 Å². The quantitative estimate of drug-likeness (QED) is 0.344. The molecule has 7 heteroatoms. The number of hydrogen-bond donors (Lipinski definition) is 3. The van der Waals surface area contributed by atoms with Crippen molar-refractivity contribution >= 4 is 11.9 Å². The van der Waals surface area contributed by atoms with Crippen molar-refractivity contribution in [3.05, 3.63) is 59.9 Å². The Kier molecular flexibility index (Phi) is 8.95. The van der Waals surface area contributed by atoms with Crippen molar-refractivity contribution in [1.82, 2.24) is 16.0 Å². The highest BCUT2D eigenvalue weighted by Gasteiger charge is 2.07. The van der Waals surface area contributed by atoms with Crippen molar-refractivity contribution in [3.63, 3.8) is 0 Å². The number of rotatable bonds is 9. The molecule has 0 aliphatic heterocycles. The fourth-order valence-corrected chi connectivity index (χ4v) is 2.51. The van der Waals surface area contributed by atoms with E-state index < -0.39 is 5.82 Å². The van der Waals surface area contributed by atoms with Crippen molar-refractivity contribution < 1.29 is 13.9 Å². The summed E-state index contributed by atoms with van der Waals surface area (Å²) in [6, 6.07) is 14.1. The fraction of sp³-hybridized carbons (Fsp3) is 0.364. The van der Waals surface area contributed by atoms with Crippen LogP contribution in [0.1, 0.15) is 19.4 Å². The van der Waals surface area contributed by atoms with E-state index in [1.807, 2.05) is 38.1 Å². The maximum absolute atomic E-state index is 14.3. The predicted octanol–water partition coefficient (Wildman–Crippen LogP) is 3.10. The van der Waals surface area contributed by atoms with E-state index in [0.29, 0.717) is 37.8 Å². The summed E-state index contributed by atoms with van der Waals surface area (Å²) in [5.74, 6) is 1.03. The molecule has 0 heterocycles. The van der Waals surface area contributed by atoms with Gasteiger partial charge in [-0.25, -0.2) is 4.39 Å². The summed E-state index contributed by atoms with van der Waals surface area (Å²) in [4.78, 5) is 15.7. The van der Waals surface area contributed by atoms with Gasteiger partial charge in [0, 0.05) is 32.6 Å². The first-order chi connectivity index (χ1) is 14.0. The van der Waals surface area contributed by atoms with Gasteiger partial charge in [0.25, 0.3) is 0 Å². The van der Waals surface area contributed by atoms with E-state index in [4.69, 9.17) is 4.74 Å². The third-order valence-corrected chi connectivity index (χ3v) is 4.14. The van der Waals surface area contributed by atoms with E-state index >= 15 is 0 Å². The predicted molar refractivity (Wildman–Crippen MR) is 114 cm³/mol. The van der Waals surface area contributed by atoms with E-state index in [-0.39, 0.29) is 17.6 Å². The molecule has 3 N–H and O–H groups in total. The molecule has 0 saturated carbocycles. The number of nitrogens with one attached hydrogen (secondary N) is 3. The summed E-state index contributed by atoms with van der Waals surface area (Å²) in [5.41, 5.74) is 0.857. The largest absolute Gasteiger partial charge is 0.454 e. The number of para-hydroxylation sites is 1. The molecule has 0 bridgehead atoms. The van der Waals surface area contributed by atoms with Gasteiger partial charge in [0.2, 0.25) is 5.91 Å². The van der Waals surface area contributed by atoms with Gasteiger partial charge in [0.05, 0.1) is 0 Å². The SMILES string of the molecule is CN=C(NCCNC(=O)C(C)C)NCCc1ccc(Oc2ccccc2)c(F)c1. The van der Waals surface area contributed by atoms with Gasteiger partial charge in [-0.3, -0.25) is 9.79 Å². The molecule has 0 aliphatic rings. The Morgan fingerprint density at radius 2 is 1.72 bits per heavy atom. The minimum atomic E-state index is -0.394. The van der Waals surface area contributed by atoms with Crippen LogP contribution in [0.15, 0.2) is 53.5 Å². The Morgan fingerprint density at radius 3 is 2.38 bits per heavy atom. The highest BCUT2D eigenvalue weighted by molar-refractivity contribution is 5.80. The van der Waals surface area contributed by atoms with Crippen LogP contribution in [0.25, 0.3) is 0 Å². The van der Waals surface area contributed by atoms with Crippen LogP contribution in [-0.4, -0.2) is 38.5 Å². The molecule has 0 unspecified atom stereocenters. The molecule has 0 aromatic heterocycles. The molecule has 2 rings (SSSR count). The summed E-state index contributed by atoms with van der Waals surface area (Å²) in [7, 11) is 1.68. The van der Waals surface area contributed by atoms with Crippen molar-refractivity contribution in [2.24, 2.45) is 10.9 Å². The van der Waals surface area contributed by atoms with Gasteiger partial charge in [-0.1, -0.05) is 38.1 Å². The number of ether oxygens (including phenoxy) is 1. The van der Waals surface area contributed by atoms with Gasteiger partial charge in [0.1, 0.15) is 5.75 Å². The molecular formula is C22H29FN4O2. The Bertz CT molecular complexity index is 810. The van der Waals surface area contributed by atoms with Crippen LogP contribution >= 0.6 is 0 Å². The number of amides is 1. The van der Waals surface area contributed by atoms with Crippen molar-refractivity contribution in [3.8, 4) is 11.5 Å². The summed E-state index contributed by atoms with van der Waals surface area (Å²) in [5, 5.41) is 9.14. The van der Waals surface area contributed by atoms with E-state index in [1.54, 1.807) is 25.2 Å². The van der Waals surface area contributed by atoms with Crippen LogP contribution in [0.5, 0.6) is 11.5 Å². The topological polar surface area (TPSA) is 74.8 Å². The first kappa shape index (κ1) is 22.2. The molecule has 0 radical (unpaired) electrons. The fourth-order valence-electron chi connectivity index (χ4n) is 2.51. The average molecular weight is 400 g/mol. The third-order valence-electron chi connectivity index (χ3n) is 4.14. The molecule has 1 amide bonds. The number of benzene rings is 2. The van der Waals surface area contributed by atoms with Crippen LogP contribution in [0.4, 0.5) is 4.39 Å². The van der Waals surface area contributed by atoms with Gasteiger partial charge in [0.15, 0.2) is 17.5 Å². The molecule has 6 nitrogen and oxygen atoms in total. The lowest BCUT2D eigenvalue weighted by Crippen LogP contribution is -2.42. The maximum Gasteiger partial charge on any atom is 0.222 e. The lowest BCUT2D eigenvalue weighted by Gasteiger charge is -2.13. The molecule has 0 atom stereocenters. The lowest BCUT2D eigenvalue weighted by atomic mass is 10.1. The zero-order valence-corrected chi connectivity index (χ0v) is 17.2. The first-order valence-electron chi connectivity index (χ1n) is 9.73. The van der Waals surface area contributed by atoms with Crippen LogP contribution in [0.2, 0.25) is 0 Å². The Hall–Kier alpha value is -3.09. The molecule has 0 aliphatic carbocycles. The second-order valence-electron chi connectivity index (χ2n) is 6.80. The van der Waals surface area contributed by atoms with E-state index in [0.717, 1.165) is 5.56 Å². The van der Waals surface area contributed by atoms with Gasteiger partial charge in [-0.05, 0) is 36.2 Å². The molecule has 0 saturated heterocycles. The average Bonchev–Trinajstić information content (AvgIpc) is 2.72. The zero-order valence-electron chi connectivity index (χ0n) is 17.2. The Morgan fingerprint density at radius 1 is 1.03 bits per heavy atom. The van der Waals surface area contributed by atoms with Crippen molar-refractivity contribution in [2.75, 3.05) is 26.7 Å². The van der Waals surface area contributed by atoms with Crippen LogP contribution in [-0.2, 0) is 11.2 Å². The number of hydrogen-bond acceptors (Lipinski definition) is 3. The monoisotopic (exact) mass is 400 g/mol. The highest BCUT2D eigenvalue weighted by atomic mass is 19.1. The third kappa shape index (κ3) is 7.81. The molecule has 2 aromatic carbocycles. The summed E-state index contributed by atoms with van der Waals surface area (Å²) in [6.45, 7) is 5.39. The summed E-state index contributed by atoms with van der Waals surface area (Å²) < 4.78 is 19.9. The Labute approximate surface area is 171 Å². The van der Waals surface area contributed by atoms with Gasteiger partial charge < -0.3 is 20.7 Å². The number of nitrogens with zero attached hydrogens (tertiary/aromatic N) is 1. The normalized spacial score (nSPS) is 11.3. The second kappa shape index (κ2) is 11.7. The van der Waals surface area contributed by atoms with Gasteiger partial charge in [-0.15, -0.1) is 0 Å². The number of carbonyl (C=O) groups is 1. The number of carbonyl (C=O) groups excluding carboxylic acids is 1. The summed E-state index contributed by atoms with van der Waals surface area (Å²) >= 11 is 0. The smallest absolute Gasteiger partial charge is 0.222 e. The standard InChI is InChI=1S/C22H29FN4O2/c1-16(2)21(28)25-13-14-27-22(24-3)26-12-11-17-9-10-20(19(23)15-17)29-18-7-5-4-6-8-18/h4-10,15-16H,11-14H2,1-3H3,(H,25,28)(H2,24,26,27).